The summed E-state index contributed by atoms with van der Waals surface area (Å²) in [5.74, 6) is 0.241. The van der Waals surface area contributed by atoms with Crippen molar-refractivity contribution in [2.45, 2.75) is 12.5 Å². The molecule has 0 saturated carbocycles. The fraction of sp³-hybridized carbons (Fsp3) is 0.238. The van der Waals surface area contributed by atoms with E-state index in [0.717, 1.165) is 11.3 Å². The summed E-state index contributed by atoms with van der Waals surface area (Å²) in [5.41, 5.74) is 1.73. The molecule has 148 valence electrons. The number of thiophene rings is 2. The Hall–Kier alpha value is -2.35. The van der Waals surface area contributed by atoms with Gasteiger partial charge in [0.05, 0.1) is 11.7 Å². The summed E-state index contributed by atoms with van der Waals surface area (Å²) < 4.78 is 5.49. The van der Waals surface area contributed by atoms with Crippen LogP contribution in [0.15, 0.2) is 47.2 Å². The molecule has 5 nitrogen and oxygen atoms in total. The van der Waals surface area contributed by atoms with Gasteiger partial charge >= 0.3 is 0 Å². The number of ether oxygens (including phenoxy) is 1. The molecule has 5 rings (SSSR count). The van der Waals surface area contributed by atoms with Crippen molar-refractivity contribution in [1.82, 2.24) is 4.90 Å². The van der Waals surface area contributed by atoms with E-state index in [1.54, 1.807) is 40.9 Å². The van der Waals surface area contributed by atoms with Crippen molar-refractivity contribution in [3.8, 4) is 5.75 Å². The Morgan fingerprint density at radius 3 is 2.93 bits per heavy atom. The van der Waals surface area contributed by atoms with Crippen molar-refractivity contribution in [1.29, 1.82) is 0 Å². The summed E-state index contributed by atoms with van der Waals surface area (Å²) in [5, 5.41) is 4.61. The molecule has 2 aliphatic heterocycles. The van der Waals surface area contributed by atoms with Gasteiger partial charge in [0, 0.05) is 21.3 Å². The molecule has 29 heavy (non-hydrogen) atoms. The zero-order chi connectivity index (χ0) is 20.0. The first-order valence-electron chi connectivity index (χ1n) is 9.23. The van der Waals surface area contributed by atoms with Crippen LogP contribution in [0.4, 0.5) is 5.69 Å². The highest BCUT2D eigenvalue weighted by Crippen LogP contribution is 2.40. The highest BCUT2D eigenvalue weighted by Gasteiger charge is 2.36. The predicted molar refractivity (Wildman–Crippen MR) is 115 cm³/mol. The van der Waals surface area contributed by atoms with Crippen LogP contribution in [0.3, 0.4) is 0 Å². The van der Waals surface area contributed by atoms with Gasteiger partial charge in [-0.25, -0.2) is 0 Å². The first-order chi connectivity index (χ1) is 14.1. The van der Waals surface area contributed by atoms with Crippen molar-refractivity contribution in [3.05, 3.63) is 67.5 Å². The molecule has 8 heteroatoms. The van der Waals surface area contributed by atoms with Gasteiger partial charge in [0.25, 0.3) is 5.91 Å². The van der Waals surface area contributed by atoms with E-state index < -0.39 is 0 Å². The van der Waals surface area contributed by atoms with E-state index in [1.807, 2.05) is 16.3 Å². The molecule has 0 unspecified atom stereocenters. The highest BCUT2D eigenvalue weighted by atomic mass is 35.5. The van der Waals surface area contributed by atoms with Crippen LogP contribution in [0, 0.1) is 0 Å². The third-order valence-electron chi connectivity index (χ3n) is 5.26. The van der Waals surface area contributed by atoms with Crippen LogP contribution in [-0.4, -0.2) is 36.4 Å². The van der Waals surface area contributed by atoms with Crippen LogP contribution >= 0.6 is 34.3 Å². The van der Waals surface area contributed by atoms with Gasteiger partial charge < -0.3 is 9.64 Å². The molecular formula is C21H17ClN2O3S2. The van der Waals surface area contributed by atoms with E-state index in [0.29, 0.717) is 23.0 Å². The van der Waals surface area contributed by atoms with Gasteiger partial charge in [-0.2, -0.15) is 0 Å². The fourth-order valence-electron chi connectivity index (χ4n) is 3.91. The molecule has 1 aromatic carbocycles. The number of carbonyl (C=O) groups is 2. The Morgan fingerprint density at radius 2 is 2.10 bits per heavy atom. The van der Waals surface area contributed by atoms with Crippen LogP contribution in [0.1, 0.15) is 21.4 Å². The maximum absolute atomic E-state index is 13.4. The van der Waals surface area contributed by atoms with Crippen LogP contribution in [0.25, 0.3) is 0 Å². The third kappa shape index (κ3) is 3.33. The summed E-state index contributed by atoms with van der Waals surface area (Å²) in [7, 11) is 0. The zero-order valence-electron chi connectivity index (χ0n) is 15.3. The molecule has 2 aliphatic rings. The van der Waals surface area contributed by atoms with E-state index >= 15 is 0 Å². The summed E-state index contributed by atoms with van der Waals surface area (Å²) in [6.45, 7) is 0.525. The van der Waals surface area contributed by atoms with Crippen molar-refractivity contribution in [2.24, 2.45) is 0 Å². The topological polar surface area (TPSA) is 49.9 Å². The van der Waals surface area contributed by atoms with Crippen molar-refractivity contribution >= 4 is 51.8 Å². The maximum Gasteiger partial charge on any atom is 0.265 e. The number of rotatable bonds is 3. The van der Waals surface area contributed by atoms with Crippen molar-refractivity contribution < 1.29 is 14.3 Å². The second kappa shape index (κ2) is 7.48. The quantitative estimate of drug-likeness (QED) is 0.603. The summed E-state index contributed by atoms with van der Waals surface area (Å²) >= 11 is 9.51. The standard InChI is InChI=1S/C21H17ClN2O3S2/c22-13-3-4-16-15(10-13)24(20(26)12-27-16)11-19(25)23-7-5-17-14(6-9-29-17)21(23)18-2-1-8-28-18/h1-4,6,8-10,21H,5,7,11-12H2/t21-/m1/s1. The lowest BCUT2D eigenvalue weighted by molar-refractivity contribution is -0.133. The zero-order valence-corrected chi connectivity index (χ0v) is 17.7. The largest absolute Gasteiger partial charge is 0.482 e. The van der Waals surface area contributed by atoms with Gasteiger partial charge in [-0.3, -0.25) is 14.5 Å². The second-order valence-electron chi connectivity index (χ2n) is 6.93. The average molecular weight is 445 g/mol. The minimum absolute atomic E-state index is 0.0309. The Bertz CT molecular complexity index is 1080. The lowest BCUT2D eigenvalue weighted by atomic mass is 9.98. The SMILES string of the molecule is O=C1COc2ccc(Cl)cc2N1CC(=O)N1CCc2sccc2[C@@H]1c1cccs1. The Morgan fingerprint density at radius 1 is 1.21 bits per heavy atom. The Balaban J connectivity index is 1.47. The normalized spacial score (nSPS) is 18.2. The molecule has 0 radical (unpaired) electrons. The molecule has 0 saturated heterocycles. The van der Waals surface area contributed by atoms with Crippen LogP contribution in [-0.2, 0) is 16.0 Å². The highest BCUT2D eigenvalue weighted by molar-refractivity contribution is 7.10. The van der Waals surface area contributed by atoms with Crippen LogP contribution < -0.4 is 9.64 Å². The van der Waals surface area contributed by atoms with Gasteiger partial charge in [-0.05, 0) is 53.1 Å². The number of benzene rings is 1. The minimum Gasteiger partial charge on any atom is -0.482 e. The summed E-state index contributed by atoms with van der Waals surface area (Å²) in [6.07, 6.45) is 0.833. The molecule has 0 spiro atoms. The number of fused-ring (bicyclic) bond motifs is 2. The van der Waals surface area contributed by atoms with E-state index in [4.69, 9.17) is 16.3 Å². The Labute approximate surface area is 181 Å². The lowest BCUT2D eigenvalue weighted by Gasteiger charge is -2.37. The monoisotopic (exact) mass is 444 g/mol. The first kappa shape index (κ1) is 18.7. The summed E-state index contributed by atoms with van der Waals surface area (Å²) in [6, 6.07) is 11.2. The number of amides is 2. The number of halogens is 1. The average Bonchev–Trinajstić information content (AvgIpc) is 3.41. The van der Waals surface area contributed by atoms with Gasteiger partial charge in [0.2, 0.25) is 5.91 Å². The molecule has 3 aromatic rings. The smallest absolute Gasteiger partial charge is 0.265 e. The van der Waals surface area contributed by atoms with E-state index in [1.165, 1.54) is 15.3 Å². The fourth-order valence-corrected chi connectivity index (χ4v) is 5.84. The maximum atomic E-state index is 13.4. The molecule has 0 N–H and O–H groups in total. The number of carbonyl (C=O) groups excluding carboxylic acids is 2. The van der Waals surface area contributed by atoms with Gasteiger partial charge in [0.1, 0.15) is 12.3 Å². The molecule has 2 aromatic heterocycles. The molecule has 4 heterocycles. The predicted octanol–water partition coefficient (Wildman–Crippen LogP) is 4.36. The summed E-state index contributed by atoms with van der Waals surface area (Å²) in [4.78, 5) is 31.8. The van der Waals surface area contributed by atoms with Crippen LogP contribution in [0.5, 0.6) is 5.75 Å². The lowest BCUT2D eigenvalue weighted by Crippen LogP contribution is -2.48. The molecule has 0 fully saturated rings. The van der Waals surface area contributed by atoms with Crippen molar-refractivity contribution in [2.75, 3.05) is 24.6 Å². The van der Waals surface area contributed by atoms with Gasteiger partial charge in [-0.15, -0.1) is 22.7 Å². The third-order valence-corrected chi connectivity index (χ3v) is 7.41. The number of hydrogen-bond acceptors (Lipinski definition) is 5. The van der Waals surface area contributed by atoms with E-state index in [-0.39, 0.29) is 31.0 Å². The first-order valence-corrected chi connectivity index (χ1v) is 11.4. The van der Waals surface area contributed by atoms with Crippen LogP contribution in [0.2, 0.25) is 5.02 Å². The molecular weight excluding hydrogens is 428 g/mol. The minimum atomic E-state index is -0.242. The van der Waals surface area contributed by atoms with E-state index in [9.17, 15) is 9.59 Å². The molecule has 2 amide bonds. The second-order valence-corrected chi connectivity index (χ2v) is 9.35. The van der Waals surface area contributed by atoms with Gasteiger partial charge in [0.15, 0.2) is 6.61 Å². The van der Waals surface area contributed by atoms with E-state index in [2.05, 4.69) is 17.5 Å². The number of hydrogen-bond donors (Lipinski definition) is 0. The molecule has 0 bridgehead atoms. The molecule has 1 atom stereocenters. The molecule has 0 aliphatic carbocycles. The number of nitrogens with zero attached hydrogens (tertiary/aromatic N) is 2. The van der Waals surface area contributed by atoms with Gasteiger partial charge in [-0.1, -0.05) is 17.7 Å². The number of anilines is 1. The Kier molecular flexibility index (Phi) is 4.81. The van der Waals surface area contributed by atoms with Crippen molar-refractivity contribution in [3.63, 3.8) is 0 Å².